The number of rotatable bonds is 1. The van der Waals surface area contributed by atoms with Crippen molar-refractivity contribution >= 4 is 0 Å². The molecule has 2 heteroatoms. The van der Waals surface area contributed by atoms with Crippen molar-refractivity contribution in [2.24, 2.45) is 22.7 Å². The first-order chi connectivity index (χ1) is 8.45. The molecule has 0 bridgehead atoms. The lowest BCUT2D eigenvalue weighted by molar-refractivity contribution is -0.159. The van der Waals surface area contributed by atoms with Gasteiger partial charge in [-0.05, 0) is 61.7 Å². The topological polar surface area (TPSA) is 29.5 Å². The maximum atomic E-state index is 9.88. The molecule has 0 aromatic heterocycles. The van der Waals surface area contributed by atoms with Crippen LogP contribution in [-0.2, 0) is 4.74 Å². The highest BCUT2D eigenvalue weighted by Crippen LogP contribution is 2.64. The van der Waals surface area contributed by atoms with E-state index in [9.17, 15) is 5.11 Å². The Morgan fingerprint density at radius 3 is 2.56 bits per heavy atom. The standard InChI is InChI=1S/C16H28O2/c1-14(11-17)7-4-8-15(2)12(14)5-9-16(3)13(15)6-10-18-16/h12-13,17H,4-11H2,1-3H3/t12-,13+,14+,15-,16+/m0/s1. The predicted molar refractivity (Wildman–Crippen MR) is 72.3 cm³/mol. The van der Waals surface area contributed by atoms with E-state index in [0.29, 0.717) is 23.9 Å². The summed E-state index contributed by atoms with van der Waals surface area (Å²) in [6.07, 6.45) is 7.46. The van der Waals surface area contributed by atoms with E-state index in [1.807, 2.05) is 0 Å². The molecule has 0 radical (unpaired) electrons. The van der Waals surface area contributed by atoms with E-state index >= 15 is 0 Å². The van der Waals surface area contributed by atoms with E-state index in [4.69, 9.17) is 4.74 Å². The van der Waals surface area contributed by atoms with Gasteiger partial charge in [-0.15, -0.1) is 0 Å². The highest BCUT2D eigenvalue weighted by atomic mass is 16.5. The summed E-state index contributed by atoms with van der Waals surface area (Å²) in [6.45, 7) is 8.43. The Morgan fingerprint density at radius 2 is 1.83 bits per heavy atom. The second-order valence-electron chi connectivity index (χ2n) is 7.77. The molecule has 0 spiro atoms. The predicted octanol–water partition coefficient (Wildman–Crippen LogP) is 3.38. The summed E-state index contributed by atoms with van der Waals surface area (Å²) in [5.74, 6) is 1.39. The molecule has 2 nitrogen and oxygen atoms in total. The molecule has 0 aromatic carbocycles. The first kappa shape index (κ1) is 12.9. The smallest absolute Gasteiger partial charge is 0.0688 e. The largest absolute Gasteiger partial charge is 0.396 e. The van der Waals surface area contributed by atoms with Crippen LogP contribution in [0.3, 0.4) is 0 Å². The normalized spacial score (nSPS) is 56.0. The zero-order chi connectivity index (χ0) is 13.0. The van der Waals surface area contributed by atoms with Gasteiger partial charge in [-0.3, -0.25) is 0 Å². The van der Waals surface area contributed by atoms with Crippen LogP contribution in [0, 0.1) is 22.7 Å². The van der Waals surface area contributed by atoms with E-state index in [2.05, 4.69) is 20.8 Å². The maximum absolute atomic E-state index is 9.88. The van der Waals surface area contributed by atoms with Gasteiger partial charge < -0.3 is 9.84 Å². The maximum Gasteiger partial charge on any atom is 0.0688 e. The molecular formula is C16H28O2. The Hall–Kier alpha value is -0.0800. The van der Waals surface area contributed by atoms with Crippen molar-refractivity contribution in [1.82, 2.24) is 0 Å². The zero-order valence-corrected chi connectivity index (χ0v) is 12.2. The third kappa shape index (κ3) is 1.54. The van der Waals surface area contributed by atoms with Crippen molar-refractivity contribution in [2.75, 3.05) is 13.2 Å². The Labute approximate surface area is 111 Å². The van der Waals surface area contributed by atoms with Gasteiger partial charge in [-0.2, -0.15) is 0 Å². The summed E-state index contributed by atoms with van der Waals surface area (Å²) in [4.78, 5) is 0. The van der Waals surface area contributed by atoms with Gasteiger partial charge in [0.05, 0.1) is 5.60 Å². The van der Waals surface area contributed by atoms with Gasteiger partial charge in [-0.25, -0.2) is 0 Å². The van der Waals surface area contributed by atoms with Crippen molar-refractivity contribution in [3.05, 3.63) is 0 Å². The molecule has 1 aliphatic heterocycles. The molecule has 104 valence electrons. The minimum Gasteiger partial charge on any atom is -0.396 e. The van der Waals surface area contributed by atoms with Crippen LogP contribution in [0.25, 0.3) is 0 Å². The molecule has 3 rings (SSSR count). The van der Waals surface area contributed by atoms with Gasteiger partial charge in [0.1, 0.15) is 0 Å². The van der Waals surface area contributed by atoms with Gasteiger partial charge >= 0.3 is 0 Å². The van der Waals surface area contributed by atoms with Crippen LogP contribution >= 0.6 is 0 Å². The Bertz CT molecular complexity index is 342. The molecule has 3 aliphatic rings. The Balaban J connectivity index is 1.97. The number of ether oxygens (including phenoxy) is 1. The first-order valence-corrected chi connectivity index (χ1v) is 7.69. The van der Waals surface area contributed by atoms with Crippen LogP contribution in [0.5, 0.6) is 0 Å². The summed E-state index contributed by atoms with van der Waals surface area (Å²) >= 11 is 0. The van der Waals surface area contributed by atoms with Gasteiger partial charge in [0.2, 0.25) is 0 Å². The van der Waals surface area contributed by atoms with Crippen molar-refractivity contribution in [3.63, 3.8) is 0 Å². The number of aliphatic hydroxyl groups is 1. The molecule has 2 saturated carbocycles. The molecule has 3 fully saturated rings. The minimum atomic E-state index is 0.124. The van der Waals surface area contributed by atoms with E-state index in [0.717, 1.165) is 6.61 Å². The Morgan fingerprint density at radius 1 is 1.06 bits per heavy atom. The lowest BCUT2D eigenvalue weighted by atomic mass is 9.45. The molecule has 0 unspecified atom stereocenters. The SMILES string of the molecule is C[C@]1(CO)CCC[C@]2(C)[C@H]3CCO[C@]3(C)CC[C@@H]12. The summed E-state index contributed by atoms with van der Waals surface area (Å²) in [7, 11) is 0. The molecule has 1 heterocycles. The minimum absolute atomic E-state index is 0.124. The fraction of sp³-hybridized carbons (Fsp3) is 1.00. The van der Waals surface area contributed by atoms with E-state index in [-0.39, 0.29) is 11.0 Å². The third-order valence-corrected chi connectivity index (χ3v) is 6.76. The fourth-order valence-electron chi connectivity index (χ4n) is 5.82. The molecule has 0 aromatic rings. The third-order valence-electron chi connectivity index (χ3n) is 6.76. The molecular weight excluding hydrogens is 224 g/mol. The van der Waals surface area contributed by atoms with Crippen LogP contribution < -0.4 is 0 Å². The van der Waals surface area contributed by atoms with Crippen molar-refractivity contribution in [1.29, 1.82) is 0 Å². The molecule has 1 saturated heterocycles. The zero-order valence-electron chi connectivity index (χ0n) is 12.2. The van der Waals surface area contributed by atoms with E-state index in [1.165, 1.54) is 38.5 Å². The summed E-state index contributed by atoms with van der Waals surface area (Å²) in [5.41, 5.74) is 0.662. The highest BCUT2D eigenvalue weighted by molar-refractivity contribution is 5.10. The van der Waals surface area contributed by atoms with Crippen molar-refractivity contribution in [3.8, 4) is 0 Å². The monoisotopic (exact) mass is 252 g/mol. The van der Waals surface area contributed by atoms with Gasteiger partial charge in [-0.1, -0.05) is 20.3 Å². The Kier molecular flexibility index (Phi) is 2.84. The second kappa shape index (κ2) is 3.96. The number of hydrogen-bond donors (Lipinski definition) is 1. The lowest BCUT2D eigenvalue weighted by Crippen LogP contribution is -2.57. The van der Waals surface area contributed by atoms with E-state index < -0.39 is 0 Å². The van der Waals surface area contributed by atoms with Crippen molar-refractivity contribution in [2.45, 2.75) is 64.9 Å². The fourth-order valence-corrected chi connectivity index (χ4v) is 5.82. The summed E-state index contributed by atoms with van der Waals surface area (Å²) in [5, 5.41) is 9.88. The summed E-state index contributed by atoms with van der Waals surface area (Å²) in [6, 6.07) is 0. The van der Waals surface area contributed by atoms with Crippen LogP contribution in [0.4, 0.5) is 0 Å². The molecule has 1 N–H and O–H groups in total. The van der Waals surface area contributed by atoms with Crippen molar-refractivity contribution < 1.29 is 9.84 Å². The van der Waals surface area contributed by atoms with Crippen LogP contribution in [0.15, 0.2) is 0 Å². The summed E-state index contributed by atoms with van der Waals surface area (Å²) < 4.78 is 6.10. The number of fused-ring (bicyclic) bond motifs is 3. The number of hydrogen-bond acceptors (Lipinski definition) is 2. The molecule has 5 atom stereocenters. The lowest BCUT2D eigenvalue weighted by Gasteiger charge is -2.60. The van der Waals surface area contributed by atoms with E-state index in [1.54, 1.807) is 0 Å². The highest BCUT2D eigenvalue weighted by Gasteiger charge is 2.61. The average molecular weight is 252 g/mol. The number of aliphatic hydroxyl groups excluding tert-OH is 1. The van der Waals surface area contributed by atoms with Crippen LogP contribution in [0.1, 0.15) is 59.3 Å². The van der Waals surface area contributed by atoms with Gasteiger partial charge in [0, 0.05) is 13.2 Å². The molecule has 18 heavy (non-hydrogen) atoms. The quantitative estimate of drug-likeness (QED) is 0.775. The van der Waals surface area contributed by atoms with Crippen LogP contribution in [-0.4, -0.2) is 23.9 Å². The second-order valence-corrected chi connectivity index (χ2v) is 7.77. The van der Waals surface area contributed by atoms with Crippen LogP contribution in [0.2, 0.25) is 0 Å². The molecule has 0 amide bonds. The average Bonchev–Trinajstić information content (AvgIpc) is 2.72. The van der Waals surface area contributed by atoms with Gasteiger partial charge in [0.25, 0.3) is 0 Å². The molecule has 2 aliphatic carbocycles. The first-order valence-electron chi connectivity index (χ1n) is 7.69. The van der Waals surface area contributed by atoms with Gasteiger partial charge in [0.15, 0.2) is 0 Å².